The van der Waals surface area contributed by atoms with E-state index in [0.29, 0.717) is 23.7 Å². The molecule has 0 spiro atoms. The second-order valence-electron chi connectivity index (χ2n) is 6.55. The Morgan fingerprint density at radius 1 is 0.852 bits per heavy atom. The van der Waals surface area contributed by atoms with E-state index in [4.69, 9.17) is 16.3 Å². The van der Waals surface area contributed by atoms with Gasteiger partial charge in [0.15, 0.2) is 0 Å². The third-order valence-corrected chi connectivity index (χ3v) is 4.74. The monoisotopic (exact) mass is 381 g/mol. The molecular weight excluding hydrogens is 358 g/mol. The van der Waals surface area contributed by atoms with Crippen molar-refractivity contribution in [2.75, 3.05) is 13.2 Å². The summed E-state index contributed by atoms with van der Waals surface area (Å²) in [6.45, 7) is 1.61. The Bertz CT molecular complexity index is 809. The first-order chi connectivity index (χ1) is 13.2. The maximum atomic E-state index is 11.3. The smallest absolute Gasteiger partial charge is 0.125 e. The first kappa shape index (κ1) is 19.4. The zero-order valence-corrected chi connectivity index (χ0v) is 15.9. The Morgan fingerprint density at radius 2 is 1.48 bits per heavy atom. The SMILES string of the molecule is OC(CCNCc1ccccc1)(COc1ccc(Cl)cc1)c1ccccc1. The summed E-state index contributed by atoms with van der Waals surface area (Å²) < 4.78 is 5.86. The molecule has 0 aliphatic carbocycles. The molecule has 3 aromatic rings. The minimum Gasteiger partial charge on any atom is -0.490 e. The van der Waals surface area contributed by atoms with Crippen molar-refractivity contribution in [3.8, 4) is 5.75 Å². The number of hydrogen-bond acceptors (Lipinski definition) is 3. The number of nitrogens with one attached hydrogen (secondary N) is 1. The lowest BCUT2D eigenvalue weighted by Crippen LogP contribution is -2.36. The summed E-state index contributed by atoms with van der Waals surface area (Å²) in [6.07, 6.45) is 0.539. The highest BCUT2D eigenvalue weighted by molar-refractivity contribution is 6.30. The van der Waals surface area contributed by atoms with E-state index in [1.54, 1.807) is 24.3 Å². The first-order valence-corrected chi connectivity index (χ1v) is 9.44. The quantitative estimate of drug-likeness (QED) is 0.524. The van der Waals surface area contributed by atoms with Crippen LogP contribution < -0.4 is 10.1 Å². The fourth-order valence-electron chi connectivity index (χ4n) is 2.91. The van der Waals surface area contributed by atoms with E-state index >= 15 is 0 Å². The van der Waals surface area contributed by atoms with E-state index in [0.717, 1.165) is 12.1 Å². The van der Waals surface area contributed by atoms with E-state index in [9.17, 15) is 5.11 Å². The molecule has 0 bridgehead atoms. The van der Waals surface area contributed by atoms with Crippen LogP contribution in [0, 0.1) is 0 Å². The van der Waals surface area contributed by atoms with Gasteiger partial charge in [-0.15, -0.1) is 0 Å². The fourth-order valence-corrected chi connectivity index (χ4v) is 3.03. The second-order valence-corrected chi connectivity index (χ2v) is 6.99. The van der Waals surface area contributed by atoms with Crippen LogP contribution in [0.1, 0.15) is 17.5 Å². The molecule has 1 unspecified atom stereocenters. The van der Waals surface area contributed by atoms with Crippen LogP contribution in [0.15, 0.2) is 84.9 Å². The Morgan fingerprint density at radius 3 is 2.15 bits per heavy atom. The number of aliphatic hydroxyl groups is 1. The number of benzene rings is 3. The minimum atomic E-state index is -1.08. The van der Waals surface area contributed by atoms with Crippen LogP contribution >= 0.6 is 11.6 Å². The van der Waals surface area contributed by atoms with E-state index in [1.165, 1.54) is 5.56 Å². The predicted molar refractivity (Wildman–Crippen MR) is 110 cm³/mol. The van der Waals surface area contributed by atoms with Crippen molar-refractivity contribution >= 4 is 11.6 Å². The summed E-state index contributed by atoms with van der Waals surface area (Å²) in [5.74, 6) is 0.686. The van der Waals surface area contributed by atoms with Crippen LogP contribution in [0.5, 0.6) is 5.75 Å². The fraction of sp³-hybridized carbons (Fsp3) is 0.217. The first-order valence-electron chi connectivity index (χ1n) is 9.07. The summed E-state index contributed by atoms with van der Waals surface area (Å²) in [5, 5.41) is 15.4. The molecule has 0 amide bonds. The standard InChI is InChI=1S/C23H24ClNO2/c24-21-11-13-22(14-12-21)27-18-23(26,20-9-5-2-6-10-20)15-16-25-17-19-7-3-1-4-8-19/h1-14,25-26H,15-18H2. The zero-order valence-electron chi connectivity index (χ0n) is 15.1. The van der Waals surface area contributed by atoms with E-state index in [-0.39, 0.29) is 6.61 Å². The Hall–Kier alpha value is -2.33. The molecule has 0 saturated carbocycles. The van der Waals surface area contributed by atoms with Gasteiger partial charge in [0.1, 0.15) is 18.0 Å². The molecule has 0 radical (unpaired) electrons. The number of rotatable bonds is 9. The Kier molecular flexibility index (Phi) is 6.88. The molecule has 0 fully saturated rings. The van der Waals surface area contributed by atoms with Crippen molar-refractivity contribution in [2.45, 2.75) is 18.6 Å². The highest BCUT2D eigenvalue weighted by Gasteiger charge is 2.29. The predicted octanol–water partition coefficient (Wildman–Crippen LogP) is 4.79. The molecular formula is C23H24ClNO2. The molecule has 3 aromatic carbocycles. The van der Waals surface area contributed by atoms with E-state index in [1.807, 2.05) is 48.5 Å². The molecule has 140 valence electrons. The van der Waals surface area contributed by atoms with Crippen LogP contribution in [0.25, 0.3) is 0 Å². The van der Waals surface area contributed by atoms with Gasteiger partial charge in [-0.05, 0) is 48.4 Å². The summed E-state index contributed by atoms with van der Waals surface area (Å²) in [4.78, 5) is 0. The Labute approximate surface area is 165 Å². The molecule has 0 saturated heterocycles. The number of hydrogen-bond donors (Lipinski definition) is 2. The van der Waals surface area contributed by atoms with Crippen LogP contribution in [-0.4, -0.2) is 18.3 Å². The molecule has 27 heavy (non-hydrogen) atoms. The van der Waals surface area contributed by atoms with Crippen molar-refractivity contribution in [3.63, 3.8) is 0 Å². The van der Waals surface area contributed by atoms with Crippen molar-refractivity contribution in [1.29, 1.82) is 0 Å². The number of ether oxygens (including phenoxy) is 1. The third kappa shape index (κ3) is 5.83. The molecule has 2 N–H and O–H groups in total. The van der Waals surface area contributed by atoms with Gasteiger partial charge in [0.2, 0.25) is 0 Å². The van der Waals surface area contributed by atoms with Gasteiger partial charge >= 0.3 is 0 Å². The maximum absolute atomic E-state index is 11.3. The average molecular weight is 382 g/mol. The van der Waals surface area contributed by atoms with Gasteiger partial charge in [-0.2, -0.15) is 0 Å². The Balaban J connectivity index is 1.62. The van der Waals surface area contributed by atoms with Gasteiger partial charge < -0.3 is 15.2 Å². The van der Waals surface area contributed by atoms with Crippen LogP contribution in [-0.2, 0) is 12.1 Å². The number of halogens is 1. The van der Waals surface area contributed by atoms with Crippen LogP contribution in [0.3, 0.4) is 0 Å². The van der Waals surface area contributed by atoms with Gasteiger partial charge in [-0.1, -0.05) is 72.3 Å². The third-order valence-electron chi connectivity index (χ3n) is 4.49. The van der Waals surface area contributed by atoms with Crippen molar-refractivity contribution in [3.05, 3.63) is 101 Å². The van der Waals surface area contributed by atoms with Gasteiger partial charge in [0.25, 0.3) is 0 Å². The molecule has 3 rings (SSSR count). The van der Waals surface area contributed by atoms with Gasteiger partial charge in [0.05, 0.1) is 0 Å². The summed E-state index contributed by atoms with van der Waals surface area (Å²) in [6, 6.07) is 27.1. The normalized spacial score (nSPS) is 13.1. The second kappa shape index (κ2) is 9.56. The zero-order chi connectivity index (χ0) is 19.0. The van der Waals surface area contributed by atoms with Crippen molar-refractivity contribution < 1.29 is 9.84 Å². The highest BCUT2D eigenvalue weighted by atomic mass is 35.5. The average Bonchev–Trinajstić information content (AvgIpc) is 2.72. The maximum Gasteiger partial charge on any atom is 0.125 e. The van der Waals surface area contributed by atoms with Gasteiger partial charge in [-0.3, -0.25) is 0 Å². The summed E-state index contributed by atoms with van der Waals surface area (Å²) in [5.41, 5.74) is 0.989. The summed E-state index contributed by atoms with van der Waals surface area (Å²) >= 11 is 5.92. The molecule has 0 aliphatic heterocycles. The molecule has 3 nitrogen and oxygen atoms in total. The lowest BCUT2D eigenvalue weighted by Gasteiger charge is -2.29. The molecule has 0 heterocycles. The lowest BCUT2D eigenvalue weighted by molar-refractivity contribution is -0.0166. The highest BCUT2D eigenvalue weighted by Crippen LogP contribution is 2.26. The minimum absolute atomic E-state index is 0.172. The van der Waals surface area contributed by atoms with Gasteiger partial charge in [0, 0.05) is 11.6 Å². The van der Waals surface area contributed by atoms with Crippen LogP contribution in [0.2, 0.25) is 5.02 Å². The molecule has 4 heteroatoms. The van der Waals surface area contributed by atoms with Crippen LogP contribution in [0.4, 0.5) is 0 Å². The van der Waals surface area contributed by atoms with Crippen molar-refractivity contribution in [2.24, 2.45) is 0 Å². The van der Waals surface area contributed by atoms with E-state index < -0.39 is 5.60 Å². The molecule has 0 aliphatic rings. The largest absolute Gasteiger partial charge is 0.490 e. The van der Waals surface area contributed by atoms with E-state index in [2.05, 4.69) is 17.4 Å². The molecule has 1 atom stereocenters. The van der Waals surface area contributed by atoms with Crippen molar-refractivity contribution in [1.82, 2.24) is 5.32 Å². The summed E-state index contributed by atoms with van der Waals surface area (Å²) in [7, 11) is 0. The lowest BCUT2D eigenvalue weighted by atomic mass is 9.91. The van der Waals surface area contributed by atoms with Gasteiger partial charge in [-0.25, -0.2) is 0 Å². The topological polar surface area (TPSA) is 41.5 Å². The molecule has 0 aromatic heterocycles.